The van der Waals surface area contributed by atoms with Crippen LogP contribution >= 0.6 is 11.3 Å². The number of hydrogen-bond donors (Lipinski definition) is 0. The van der Waals surface area contributed by atoms with Crippen molar-refractivity contribution in [3.05, 3.63) is 62.5 Å². The van der Waals surface area contributed by atoms with Gasteiger partial charge in [-0.15, -0.1) is 11.3 Å². The molecular formula is C23H25N3O4S. The minimum atomic E-state index is -0.458. The predicted molar refractivity (Wildman–Crippen MR) is 119 cm³/mol. The van der Waals surface area contributed by atoms with Gasteiger partial charge in [0.2, 0.25) is 5.91 Å². The van der Waals surface area contributed by atoms with Gasteiger partial charge in [-0.05, 0) is 49.8 Å². The SMILES string of the molecule is CCOC(=O)c1sc2ncn(CC(=O)N(C)[C@@H]3CCCc4ccccc43)c(=O)c2c1C. The number of amides is 1. The summed E-state index contributed by atoms with van der Waals surface area (Å²) in [7, 11) is 1.79. The molecule has 1 amide bonds. The van der Waals surface area contributed by atoms with Crippen LogP contribution in [0.2, 0.25) is 0 Å². The van der Waals surface area contributed by atoms with Gasteiger partial charge in [0, 0.05) is 7.05 Å². The highest BCUT2D eigenvalue weighted by atomic mass is 32.1. The maximum atomic E-state index is 13.1. The number of ether oxygens (including phenoxy) is 1. The summed E-state index contributed by atoms with van der Waals surface area (Å²) in [5.41, 5.74) is 2.68. The van der Waals surface area contributed by atoms with E-state index < -0.39 is 5.97 Å². The molecule has 0 saturated carbocycles. The number of hydrogen-bond acceptors (Lipinski definition) is 6. The van der Waals surface area contributed by atoms with E-state index in [4.69, 9.17) is 4.74 Å². The first-order chi connectivity index (χ1) is 14.9. The Hall–Kier alpha value is -3.00. The molecule has 1 aliphatic rings. The molecule has 4 rings (SSSR count). The molecule has 1 atom stereocenters. The Balaban J connectivity index is 1.61. The molecule has 0 saturated heterocycles. The van der Waals surface area contributed by atoms with Gasteiger partial charge in [-0.1, -0.05) is 24.3 Å². The van der Waals surface area contributed by atoms with Crippen LogP contribution in [-0.2, 0) is 22.5 Å². The first kappa shape index (κ1) is 21.2. The highest BCUT2D eigenvalue weighted by molar-refractivity contribution is 7.20. The minimum Gasteiger partial charge on any atom is -0.462 e. The summed E-state index contributed by atoms with van der Waals surface area (Å²) < 4.78 is 6.40. The molecule has 3 aromatic rings. The summed E-state index contributed by atoms with van der Waals surface area (Å²) in [6.45, 7) is 3.61. The quantitative estimate of drug-likeness (QED) is 0.569. The zero-order valence-electron chi connectivity index (χ0n) is 17.9. The van der Waals surface area contributed by atoms with Crippen molar-refractivity contribution < 1.29 is 14.3 Å². The molecule has 1 aromatic carbocycles. The van der Waals surface area contributed by atoms with E-state index in [-0.39, 0.29) is 30.7 Å². The Bertz CT molecular complexity index is 1210. The molecular weight excluding hydrogens is 414 g/mol. The first-order valence-electron chi connectivity index (χ1n) is 10.4. The molecule has 8 heteroatoms. The zero-order valence-corrected chi connectivity index (χ0v) is 18.7. The van der Waals surface area contributed by atoms with Gasteiger partial charge in [0.05, 0.1) is 24.4 Å². The third-order valence-corrected chi connectivity index (χ3v) is 7.06. The zero-order chi connectivity index (χ0) is 22.1. The number of esters is 1. The number of likely N-dealkylation sites (N-methyl/N-ethyl adjacent to an activating group) is 1. The second-order valence-corrected chi connectivity index (χ2v) is 8.74. The van der Waals surface area contributed by atoms with Crippen LogP contribution in [0.3, 0.4) is 0 Å². The lowest BCUT2D eigenvalue weighted by atomic mass is 9.87. The molecule has 0 fully saturated rings. The third kappa shape index (κ3) is 3.87. The van der Waals surface area contributed by atoms with Crippen LogP contribution in [0.5, 0.6) is 0 Å². The average molecular weight is 440 g/mol. The number of thiophene rings is 1. The fourth-order valence-electron chi connectivity index (χ4n) is 4.22. The van der Waals surface area contributed by atoms with E-state index >= 15 is 0 Å². The van der Waals surface area contributed by atoms with Crippen LogP contribution in [0.1, 0.15) is 52.2 Å². The topological polar surface area (TPSA) is 81.5 Å². The molecule has 0 aliphatic heterocycles. The molecule has 2 heterocycles. The Morgan fingerprint density at radius 2 is 2.10 bits per heavy atom. The standard InChI is InChI=1S/C23H25N3O4S/c1-4-30-23(29)20-14(2)19-21(31-20)24-13-26(22(19)28)12-18(27)25(3)17-11-7-9-15-8-5-6-10-16(15)17/h5-6,8,10,13,17H,4,7,9,11-12H2,1-3H3/t17-/m1/s1. The highest BCUT2D eigenvalue weighted by Crippen LogP contribution is 2.33. The normalized spacial score (nSPS) is 15.5. The Labute approximate surface area is 184 Å². The number of carbonyl (C=O) groups is 2. The number of aromatic nitrogens is 2. The molecule has 162 valence electrons. The van der Waals surface area contributed by atoms with Gasteiger partial charge >= 0.3 is 5.97 Å². The lowest BCUT2D eigenvalue weighted by molar-refractivity contribution is -0.133. The van der Waals surface area contributed by atoms with Gasteiger partial charge in [0.15, 0.2) is 0 Å². The molecule has 1 aliphatic carbocycles. The van der Waals surface area contributed by atoms with Crippen molar-refractivity contribution in [3.63, 3.8) is 0 Å². The molecule has 31 heavy (non-hydrogen) atoms. The number of aryl methyl sites for hydroxylation is 2. The van der Waals surface area contributed by atoms with Crippen molar-refractivity contribution in [1.29, 1.82) is 0 Å². The monoisotopic (exact) mass is 439 g/mol. The number of nitrogens with zero attached hydrogens (tertiary/aromatic N) is 3. The van der Waals surface area contributed by atoms with E-state index in [2.05, 4.69) is 17.1 Å². The van der Waals surface area contributed by atoms with Crippen molar-refractivity contribution >= 4 is 33.4 Å². The van der Waals surface area contributed by atoms with Crippen molar-refractivity contribution in [2.24, 2.45) is 0 Å². The van der Waals surface area contributed by atoms with Crippen LogP contribution in [0, 0.1) is 6.92 Å². The summed E-state index contributed by atoms with van der Waals surface area (Å²) >= 11 is 1.14. The first-order valence-corrected chi connectivity index (χ1v) is 11.2. The van der Waals surface area contributed by atoms with E-state index in [1.54, 1.807) is 25.8 Å². The van der Waals surface area contributed by atoms with E-state index in [9.17, 15) is 14.4 Å². The number of fused-ring (bicyclic) bond motifs is 2. The molecule has 0 spiro atoms. The lowest BCUT2D eigenvalue weighted by Gasteiger charge is -2.33. The minimum absolute atomic E-state index is 0.00291. The number of rotatable bonds is 5. The third-order valence-electron chi connectivity index (χ3n) is 5.88. The Morgan fingerprint density at radius 3 is 2.87 bits per heavy atom. The average Bonchev–Trinajstić information content (AvgIpc) is 3.12. The van der Waals surface area contributed by atoms with Gasteiger partial charge in [-0.2, -0.15) is 0 Å². The van der Waals surface area contributed by atoms with Gasteiger partial charge in [-0.3, -0.25) is 14.2 Å². The van der Waals surface area contributed by atoms with Crippen molar-refractivity contribution in [3.8, 4) is 0 Å². The van der Waals surface area contributed by atoms with Crippen LogP contribution in [0.4, 0.5) is 0 Å². The van der Waals surface area contributed by atoms with E-state index in [1.807, 2.05) is 12.1 Å². The number of benzene rings is 1. The van der Waals surface area contributed by atoms with Crippen LogP contribution in [-0.4, -0.2) is 40.0 Å². The van der Waals surface area contributed by atoms with Crippen LogP contribution in [0.25, 0.3) is 10.2 Å². The largest absolute Gasteiger partial charge is 0.462 e. The van der Waals surface area contributed by atoms with Gasteiger partial charge in [-0.25, -0.2) is 9.78 Å². The van der Waals surface area contributed by atoms with Crippen molar-refractivity contribution in [2.75, 3.05) is 13.7 Å². The summed E-state index contributed by atoms with van der Waals surface area (Å²) in [6, 6.07) is 8.22. The van der Waals surface area contributed by atoms with E-state index in [1.165, 1.54) is 22.0 Å². The van der Waals surface area contributed by atoms with E-state index in [0.717, 1.165) is 30.6 Å². The summed E-state index contributed by atoms with van der Waals surface area (Å²) in [6.07, 6.45) is 4.33. The second kappa shape index (κ2) is 8.63. The molecule has 0 bridgehead atoms. The molecule has 0 radical (unpaired) electrons. The van der Waals surface area contributed by atoms with Crippen molar-refractivity contribution in [2.45, 2.75) is 45.7 Å². The Kier molecular flexibility index (Phi) is 5.91. The predicted octanol–water partition coefficient (Wildman–Crippen LogP) is 3.48. The maximum absolute atomic E-state index is 13.1. The van der Waals surface area contributed by atoms with Crippen LogP contribution in [0.15, 0.2) is 35.4 Å². The lowest BCUT2D eigenvalue weighted by Crippen LogP contribution is -2.37. The second-order valence-electron chi connectivity index (χ2n) is 7.75. The molecule has 0 N–H and O–H groups in total. The fourth-order valence-corrected chi connectivity index (χ4v) is 5.26. The number of carbonyl (C=O) groups excluding carboxylic acids is 2. The van der Waals surface area contributed by atoms with Gasteiger partial charge < -0.3 is 9.64 Å². The molecule has 2 aromatic heterocycles. The fraction of sp³-hybridized carbons (Fsp3) is 0.391. The van der Waals surface area contributed by atoms with Gasteiger partial charge in [0.25, 0.3) is 5.56 Å². The summed E-state index contributed by atoms with van der Waals surface area (Å²) in [5.74, 6) is -0.607. The summed E-state index contributed by atoms with van der Waals surface area (Å²) in [4.78, 5) is 45.2. The smallest absolute Gasteiger partial charge is 0.348 e. The highest BCUT2D eigenvalue weighted by Gasteiger charge is 2.27. The Morgan fingerprint density at radius 1 is 1.32 bits per heavy atom. The van der Waals surface area contributed by atoms with Crippen molar-refractivity contribution in [1.82, 2.24) is 14.5 Å². The van der Waals surface area contributed by atoms with Gasteiger partial charge in [0.1, 0.15) is 16.3 Å². The van der Waals surface area contributed by atoms with Crippen LogP contribution < -0.4 is 5.56 Å². The van der Waals surface area contributed by atoms with E-state index in [0.29, 0.717) is 20.7 Å². The maximum Gasteiger partial charge on any atom is 0.348 e. The molecule has 7 nitrogen and oxygen atoms in total. The molecule has 0 unspecified atom stereocenters. The summed E-state index contributed by atoms with van der Waals surface area (Å²) in [5, 5.41) is 0.369.